The van der Waals surface area contributed by atoms with Gasteiger partial charge in [0.15, 0.2) is 9.84 Å². The van der Waals surface area contributed by atoms with Gasteiger partial charge in [0.25, 0.3) is 0 Å². The summed E-state index contributed by atoms with van der Waals surface area (Å²) in [5.74, 6) is 1.64. The van der Waals surface area contributed by atoms with Gasteiger partial charge in [-0.05, 0) is 54.3 Å². The van der Waals surface area contributed by atoms with Crippen molar-refractivity contribution in [2.24, 2.45) is 0 Å². The number of hydrogen-bond donors (Lipinski definition) is 0. The highest BCUT2D eigenvalue weighted by Gasteiger charge is 2.17. The summed E-state index contributed by atoms with van der Waals surface area (Å²) in [6.45, 7) is 4.23. The smallest absolute Gasteiger partial charge is 0.175 e. The van der Waals surface area contributed by atoms with Crippen molar-refractivity contribution in [3.8, 4) is 5.75 Å². The van der Waals surface area contributed by atoms with Crippen LogP contribution in [0.3, 0.4) is 0 Å². The molecule has 31 heavy (non-hydrogen) atoms. The van der Waals surface area contributed by atoms with E-state index in [1.807, 2.05) is 11.6 Å². The third-order valence-corrected chi connectivity index (χ3v) is 7.31. The van der Waals surface area contributed by atoms with Crippen LogP contribution in [0, 0.1) is 0 Å². The molecule has 6 nitrogen and oxygen atoms in total. The van der Waals surface area contributed by atoms with E-state index in [0.29, 0.717) is 12.4 Å². The first-order chi connectivity index (χ1) is 14.9. The molecular formula is C23H25N3O3S2. The van der Waals surface area contributed by atoms with Gasteiger partial charge >= 0.3 is 0 Å². The number of anilines is 1. The van der Waals surface area contributed by atoms with Gasteiger partial charge in [-0.15, -0.1) is 11.3 Å². The fourth-order valence-electron chi connectivity index (χ4n) is 3.35. The summed E-state index contributed by atoms with van der Waals surface area (Å²) in [7, 11) is -3.20. The van der Waals surface area contributed by atoms with Crippen LogP contribution in [0.15, 0.2) is 58.9 Å². The van der Waals surface area contributed by atoms with E-state index < -0.39 is 9.84 Å². The van der Waals surface area contributed by atoms with Crippen molar-refractivity contribution < 1.29 is 13.2 Å². The molecule has 1 aliphatic heterocycles. The predicted octanol–water partition coefficient (Wildman–Crippen LogP) is 4.38. The van der Waals surface area contributed by atoms with Crippen LogP contribution in [0.2, 0.25) is 0 Å². The topological polar surface area (TPSA) is 72.4 Å². The monoisotopic (exact) mass is 455 g/mol. The molecule has 4 rings (SSSR count). The lowest BCUT2D eigenvalue weighted by Crippen LogP contribution is -2.28. The fraction of sp³-hybridized carbons (Fsp3) is 0.304. The number of aromatic nitrogens is 2. The Bertz CT molecular complexity index is 1170. The van der Waals surface area contributed by atoms with Crippen LogP contribution in [0.1, 0.15) is 29.6 Å². The number of rotatable bonds is 7. The van der Waals surface area contributed by atoms with Gasteiger partial charge in [0, 0.05) is 30.9 Å². The Labute approximate surface area is 187 Å². The lowest BCUT2D eigenvalue weighted by molar-refractivity contribution is 0.302. The first kappa shape index (κ1) is 21.5. The van der Waals surface area contributed by atoms with Gasteiger partial charge in [0.05, 0.1) is 10.6 Å². The van der Waals surface area contributed by atoms with Crippen LogP contribution in [0.5, 0.6) is 5.75 Å². The number of benzene rings is 1. The third-order valence-electron chi connectivity index (χ3n) is 5.22. The van der Waals surface area contributed by atoms with E-state index in [9.17, 15) is 8.42 Å². The largest absolute Gasteiger partial charge is 0.487 e. The summed E-state index contributed by atoms with van der Waals surface area (Å²) in [5.41, 5.74) is 3.38. The summed E-state index contributed by atoms with van der Waals surface area (Å²) in [5, 5.41) is 3.04. The van der Waals surface area contributed by atoms with Gasteiger partial charge < -0.3 is 9.64 Å². The Morgan fingerprint density at radius 2 is 1.97 bits per heavy atom. The zero-order valence-corrected chi connectivity index (χ0v) is 19.2. The first-order valence-corrected chi connectivity index (χ1v) is 13.0. The Morgan fingerprint density at radius 1 is 1.16 bits per heavy atom. The van der Waals surface area contributed by atoms with Crippen LogP contribution < -0.4 is 9.64 Å². The molecule has 0 radical (unpaired) electrons. The predicted molar refractivity (Wildman–Crippen MR) is 124 cm³/mol. The average Bonchev–Trinajstić information content (AvgIpc) is 3.27. The van der Waals surface area contributed by atoms with Crippen molar-refractivity contribution in [2.75, 3.05) is 24.2 Å². The average molecular weight is 456 g/mol. The molecule has 0 amide bonds. The summed E-state index contributed by atoms with van der Waals surface area (Å²) < 4.78 is 28.9. The highest BCUT2D eigenvalue weighted by Crippen LogP contribution is 2.28. The van der Waals surface area contributed by atoms with Crippen LogP contribution in [0.4, 0.5) is 5.82 Å². The molecule has 1 aliphatic rings. The number of ether oxygens (including phenoxy) is 1. The van der Waals surface area contributed by atoms with Gasteiger partial charge in [-0.3, -0.25) is 0 Å². The zero-order chi connectivity index (χ0) is 21.8. The second-order valence-corrected chi connectivity index (χ2v) is 10.4. The molecule has 0 atom stereocenters. The van der Waals surface area contributed by atoms with E-state index in [1.54, 1.807) is 35.6 Å². The van der Waals surface area contributed by atoms with E-state index in [1.165, 1.54) is 17.4 Å². The van der Waals surface area contributed by atoms with E-state index in [4.69, 9.17) is 9.72 Å². The molecule has 0 bridgehead atoms. The van der Waals surface area contributed by atoms with Crippen molar-refractivity contribution in [3.05, 3.63) is 70.3 Å². The maximum atomic E-state index is 11.5. The van der Waals surface area contributed by atoms with Crippen LogP contribution in [-0.2, 0) is 22.9 Å². The van der Waals surface area contributed by atoms with Crippen molar-refractivity contribution in [2.45, 2.75) is 31.3 Å². The highest BCUT2D eigenvalue weighted by atomic mass is 32.2. The minimum Gasteiger partial charge on any atom is -0.487 e. The normalized spacial score (nSPS) is 14.4. The number of sulfone groups is 1. The van der Waals surface area contributed by atoms with Crippen LogP contribution in [-0.4, -0.2) is 37.7 Å². The number of pyridine rings is 1. The van der Waals surface area contributed by atoms with E-state index >= 15 is 0 Å². The Balaban J connectivity index is 1.35. The second kappa shape index (κ2) is 9.20. The first-order valence-electron chi connectivity index (χ1n) is 10.2. The quantitative estimate of drug-likeness (QED) is 0.527. The molecule has 0 N–H and O–H groups in total. The van der Waals surface area contributed by atoms with E-state index in [0.717, 1.165) is 42.5 Å². The van der Waals surface area contributed by atoms with Crippen molar-refractivity contribution in [1.29, 1.82) is 0 Å². The third kappa shape index (κ3) is 5.32. The number of nitrogens with zero attached hydrogens (tertiary/aromatic N) is 3. The minimum atomic E-state index is -3.20. The zero-order valence-electron chi connectivity index (χ0n) is 17.6. The second-order valence-electron chi connectivity index (χ2n) is 7.48. The highest BCUT2D eigenvalue weighted by molar-refractivity contribution is 7.90. The molecule has 3 aromatic rings. The van der Waals surface area contributed by atoms with E-state index in [-0.39, 0.29) is 4.90 Å². The van der Waals surface area contributed by atoms with Gasteiger partial charge in [0.1, 0.15) is 23.2 Å². The molecule has 0 aliphatic carbocycles. The summed E-state index contributed by atoms with van der Waals surface area (Å²) in [6.07, 6.45) is 7.30. The molecule has 1 aromatic carbocycles. The number of hydrogen-bond acceptors (Lipinski definition) is 7. The maximum Gasteiger partial charge on any atom is 0.175 e. The summed E-state index contributed by atoms with van der Waals surface area (Å²) in [4.78, 5) is 11.9. The standard InChI is InChI=1S/C23H25N3O3S2/c1-3-17-4-9-22(24-14-17)26-12-10-18(11-13-26)23-25-19(16-30-23)15-29-20-5-7-21(8-6-20)31(2,27)28/h4-10,14,16H,3,11-13,15H2,1-2H3. The molecule has 0 unspecified atom stereocenters. The SMILES string of the molecule is CCc1ccc(N2CC=C(c3nc(COc4ccc(S(C)(=O)=O)cc4)cs3)CC2)nc1. The van der Waals surface area contributed by atoms with Crippen LogP contribution >= 0.6 is 11.3 Å². The lowest BCUT2D eigenvalue weighted by atomic mass is 10.1. The van der Waals surface area contributed by atoms with Gasteiger partial charge in [-0.2, -0.15) is 0 Å². The van der Waals surface area contributed by atoms with Crippen molar-refractivity contribution >= 4 is 32.6 Å². The van der Waals surface area contributed by atoms with Gasteiger partial charge in [-0.1, -0.05) is 19.1 Å². The summed E-state index contributed by atoms with van der Waals surface area (Å²) >= 11 is 1.63. The number of aryl methyl sites for hydroxylation is 1. The van der Waals surface area contributed by atoms with Gasteiger partial charge in [0.2, 0.25) is 0 Å². The fourth-order valence-corrected chi connectivity index (χ4v) is 4.85. The summed E-state index contributed by atoms with van der Waals surface area (Å²) in [6, 6.07) is 10.7. The molecule has 0 fully saturated rings. The lowest BCUT2D eigenvalue weighted by Gasteiger charge is -2.27. The molecule has 162 valence electrons. The van der Waals surface area contributed by atoms with Crippen LogP contribution in [0.25, 0.3) is 5.57 Å². The molecule has 2 aromatic heterocycles. The van der Waals surface area contributed by atoms with Crippen molar-refractivity contribution in [1.82, 2.24) is 9.97 Å². The van der Waals surface area contributed by atoms with E-state index in [2.05, 4.69) is 35.0 Å². The molecule has 0 saturated heterocycles. The van der Waals surface area contributed by atoms with Gasteiger partial charge in [-0.25, -0.2) is 18.4 Å². The Hall–Kier alpha value is -2.71. The molecule has 0 saturated carbocycles. The molecule has 3 heterocycles. The molecule has 8 heteroatoms. The maximum absolute atomic E-state index is 11.5. The minimum absolute atomic E-state index is 0.283. The molecular weight excluding hydrogens is 430 g/mol. The number of thiazole rings is 1. The Morgan fingerprint density at radius 3 is 2.58 bits per heavy atom. The Kier molecular flexibility index (Phi) is 6.38. The van der Waals surface area contributed by atoms with Crippen molar-refractivity contribution in [3.63, 3.8) is 0 Å². The molecule has 0 spiro atoms.